The Morgan fingerprint density at radius 3 is 2.75 bits per heavy atom. The summed E-state index contributed by atoms with van der Waals surface area (Å²) in [6.07, 6.45) is 4.71. The SMILES string of the molecule is CC(Sc1nc2ccccc2[nH]1)C(=O)N(C)C1(C#N)CCCCC1. The van der Waals surface area contributed by atoms with Gasteiger partial charge in [0.05, 0.1) is 22.4 Å². The first kappa shape index (κ1) is 16.8. The normalized spacial score (nSPS) is 18.0. The Labute approximate surface area is 146 Å². The molecule has 3 rings (SSSR count). The number of carbonyl (C=O) groups is 1. The molecule has 1 aliphatic carbocycles. The van der Waals surface area contributed by atoms with E-state index in [1.165, 1.54) is 11.8 Å². The monoisotopic (exact) mass is 342 g/mol. The average molecular weight is 342 g/mol. The molecular formula is C18H22N4OS. The lowest BCUT2D eigenvalue weighted by atomic mass is 9.81. The Morgan fingerprint density at radius 2 is 2.08 bits per heavy atom. The number of carbonyl (C=O) groups excluding carboxylic acids is 1. The highest BCUT2D eigenvalue weighted by Crippen LogP contribution is 2.34. The number of thioether (sulfide) groups is 1. The van der Waals surface area contributed by atoms with Crippen LogP contribution >= 0.6 is 11.8 Å². The van der Waals surface area contributed by atoms with E-state index in [-0.39, 0.29) is 11.2 Å². The second kappa shape index (κ2) is 6.86. The highest BCUT2D eigenvalue weighted by molar-refractivity contribution is 8.00. The molecule has 1 amide bonds. The smallest absolute Gasteiger partial charge is 0.236 e. The Kier molecular flexibility index (Phi) is 4.81. The van der Waals surface area contributed by atoms with E-state index < -0.39 is 5.54 Å². The van der Waals surface area contributed by atoms with Crippen LogP contribution in [-0.4, -0.2) is 38.6 Å². The van der Waals surface area contributed by atoms with Crippen molar-refractivity contribution in [1.29, 1.82) is 5.26 Å². The number of nitrogens with one attached hydrogen (secondary N) is 1. The number of imidazole rings is 1. The first-order valence-electron chi connectivity index (χ1n) is 8.36. The van der Waals surface area contributed by atoms with Gasteiger partial charge in [-0.25, -0.2) is 4.98 Å². The fraction of sp³-hybridized carbons (Fsp3) is 0.500. The molecule has 126 valence electrons. The van der Waals surface area contributed by atoms with Gasteiger partial charge in [0.25, 0.3) is 0 Å². The van der Waals surface area contributed by atoms with Crippen molar-refractivity contribution in [3.8, 4) is 6.07 Å². The molecule has 1 aliphatic rings. The van der Waals surface area contributed by atoms with Crippen LogP contribution in [0.2, 0.25) is 0 Å². The average Bonchev–Trinajstić information content (AvgIpc) is 3.03. The minimum atomic E-state index is -0.641. The lowest BCUT2D eigenvalue weighted by Crippen LogP contribution is -2.52. The van der Waals surface area contributed by atoms with Crippen molar-refractivity contribution in [2.24, 2.45) is 0 Å². The number of aromatic nitrogens is 2. The molecular weight excluding hydrogens is 320 g/mol. The Hall–Kier alpha value is -2.00. The minimum Gasteiger partial charge on any atom is -0.333 e. The maximum absolute atomic E-state index is 12.8. The van der Waals surface area contributed by atoms with Crippen molar-refractivity contribution in [2.45, 2.75) is 55.0 Å². The zero-order valence-electron chi connectivity index (χ0n) is 14.1. The van der Waals surface area contributed by atoms with Crippen LogP contribution in [0.15, 0.2) is 29.4 Å². The van der Waals surface area contributed by atoms with Gasteiger partial charge in [0.15, 0.2) is 5.16 Å². The van der Waals surface area contributed by atoms with Gasteiger partial charge in [-0.05, 0) is 31.9 Å². The molecule has 0 saturated heterocycles. The number of amides is 1. The van der Waals surface area contributed by atoms with Crippen molar-refractivity contribution in [3.05, 3.63) is 24.3 Å². The van der Waals surface area contributed by atoms with Crippen molar-refractivity contribution in [3.63, 3.8) is 0 Å². The molecule has 0 radical (unpaired) electrons. The third-order valence-corrected chi connectivity index (χ3v) is 5.84. The molecule has 0 bridgehead atoms. The van der Waals surface area contributed by atoms with Crippen LogP contribution in [0.4, 0.5) is 0 Å². The van der Waals surface area contributed by atoms with Crippen molar-refractivity contribution in [2.75, 3.05) is 7.05 Å². The fourth-order valence-electron chi connectivity index (χ4n) is 3.35. The number of rotatable bonds is 4. The van der Waals surface area contributed by atoms with Crippen LogP contribution in [0.5, 0.6) is 0 Å². The Bertz CT molecular complexity index is 740. The number of nitrogens with zero attached hydrogens (tertiary/aromatic N) is 3. The summed E-state index contributed by atoms with van der Waals surface area (Å²) in [6.45, 7) is 1.88. The predicted octanol–water partition coefficient (Wildman–Crippen LogP) is 3.73. The molecule has 5 nitrogen and oxygen atoms in total. The van der Waals surface area contributed by atoms with Crippen LogP contribution in [0.1, 0.15) is 39.0 Å². The molecule has 0 spiro atoms. The summed E-state index contributed by atoms with van der Waals surface area (Å²) < 4.78 is 0. The summed E-state index contributed by atoms with van der Waals surface area (Å²) in [5.41, 5.74) is 1.22. The molecule has 6 heteroatoms. The number of hydrogen-bond acceptors (Lipinski definition) is 4. The number of aromatic amines is 1. The van der Waals surface area contributed by atoms with Crippen LogP contribution in [0, 0.1) is 11.3 Å². The van der Waals surface area contributed by atoms with E-state index in [9.17, 15) is 10.1 Å². The van der Waals surface area contributed by atoms with Gasteiger partial charge >= 0.3 is 0 Å². The number of hydrogen-bond donors (Lipinski definition) is 1. The molecule has 1 N–H and O–H groups in total. The second-order valence-electron chi connectivity index (χ2n) is 6.42. The van der Waals surface area contributed by atoms with Gasteiger partial charge in [0, 0.05) is 7.05 Å². The number of benzene rings is 1. The van der Waals surface area contributed by atoms with E-state index in [1.54, 1.807) is 11.9 Å². The van der Waals surface area contributed by atoms with Gasteiger partial charge in [0.2, 0.25) is 5.91 Å². The Morgan fingerprint density at radius 1 is 1.38 bits per heavy atom. The fourth-order valence-corrected chi connectivity index (χ4v) is 4.26. The van der Waals surface area contributed by atoms with E-state index in [0.29, 0.717) is 0 Å². The number of para-hydroxylation sites is 2. The third-order valence-electron chi connectivity index (χ3n) is 4.87. The molecule has 1 heterocycles. The molecule has 1 fully saturated rings. The van der Waals surface area contributed by atoms with E-state index in [4.69, 9.17) is 0 Å². The summed E-state index contributed by atoms with van der Waals surface area (Å²) >= 11 is 1.41. The van der Waals surface area contributed by atoms with Crippen LogP contribution in [0.25, 0.3) is 11.0 Å². The number of fused-ring (bicyclic) bond motifs is 1. The number of nitriles is 1. The second-order valence-corrected chi connectivity index (χ2v) is 7.75. The zero-order valence-corrected chi connectivity index (χ0v) is 14.9. The van der Waals surface area contributed by atoms with E-state index in [0.717, 1.165) is 48.3 Å². The summed E-state index contributed by atoms with van der Waals surface area (Å²) in [5.74, 6) is -0.0103. The van der Waals surface area contributed by atoms with Gasteiger partial charge < -0.3 is 9.88 Å². The Balaban J connectivity index is 1.72. The van der Waals surface area contributed by atoms with Gasteiger partial charge in [-0.1, -0.05) is 43.2 Å². The third kappa shape index (κ3) is 3.13. The van der Waals surface area contributed by atoms with Crippen molar-refractivity contribution >= 4 is 28.7 Å². The largest absolute Gasteiger partial charge is 0.333 e. The highest BCUT2D eigenvalue weighted by Gasteiger charge is 2.40. The zero-order chi connectivity index (χ0) is 17.2. The highest BCUT2D eigenvalue weighted by atomic mass is 32.2. The summed E-state index contributed by atoms with van der Waals surface area (Å²) in [7, 11) is 1.77. The maximum Gasteiger partial charge on any atom is 0.236 e. The molecule has 1 unspecified atom stereocenters. The lowest BCUT2D eigenvalue weighted by Gasteiger charge is -2.40. The molecule has 24 heavy (non-hydrogen) atoms. The number of H-pyrrole nitrogens is 1. The summed E-state index contributed by atoms with van der Waals surface area (Å²) in [5, 5.41) is 10.1. The van der Waals surface area contributed by atoms with Gasteiger partial charge in [0.1, 0.15) is 5.54 Å². The molecule has 1 saturated carbocycles. The summed E-state index contributed by atoms with van der Waals surface area (Å²) in [4.78, 5) is 22.3. The first-order valence-corrected chi connectivity index (χ1v) is 9.24. The van der Waals surface area contributed by atoms with E-state index in [2.05, 4.69) is 16.0 Å². The van der Waals surface area contributed by atoms with Crippen LogP contribution < -0.4 is 0 Å². The molecule has 1 aromatic heterocycles. The topological polar surface area (TPSA) is 72.8 Å². The van der Waals surface area contributed by atoms with Gasteiger partial charge in [-0.15, -0.1) is 0 Å². The lowest BCUT2D eigenvalue weighted by molar-refractivity contribution is -0.133. The quantitative estimate of drug-likeness (QED) is 0.859. The predicted molar refractivity (Wildman–Crippen MR) is 95.6 cm³/mol. The van der Waals surface area contributed by atoms with E-state index in [1.807, 2.05) is 31.2 Å². The van der Waals surface area contributed by atoms with Gasteiger partial charge in [-0.3, -0.25) is 4.79 Å². The molecule has 1 aromatic carbocycles. The standard InChI is InChI=1S/C18H22N4OS/c1-13(24-17-20-14-8-4-5-9-15(14)21-17)16(23)22(2)18(12-19)10-6-3-7-11-18/h4-5,8-9,13H,3,6-7,10-11H2,1-2H3,(H,20,21). The van der Waals surface area contributed by atoms with E-state index >= 15 is 0 Å². The minimum absolute atomic E-state index is 0.0103. The molecule has 1 atom stereocenters. The van der Waals surface area contributed by atoms with Gasteiger partial charge in [-0.2, -0.15) is 5.26 Å². The molecule has 2 aromatic rings. The summed E-state index contributed by atoms with van der Waals surface area (Å²) in [6, 6.07) is 10.2. The van der Waals surface area contributed by atoms with Crippen LogP contribution in [-0.2, 0) is 4.79 Å². The first-order chi connectivity index (χ1) is 11.6. The van der Waals surface area contributed by atoms with Crippen molar-refractivity contribution < 1.29 is 4.79 Å². The maximum atomic E-state index is 12.8. The van der Waals surface area contributed by atoms with Crippen LogP contribution in [0.3, 0.4) is 0 Å². The molecule has 0 aliphatic heterocycles. The van der Waals surface area contributed by atoms with Crippen molar-refractivity contribution in [1.82, 2.24) is 14.9 Å².